The summed E-state index contributed by atoms with van der Waals surface area (Å²) in [5.41, 5.74) is 0.226. The van der Waals surface area contributed by atoms with E-state index in [1.54, 1.807) is 19.4 Å². The predicted octanol–water partition coefficient (Wildman–Crippen LogP) is 2.46. The Labute approximate surface area is 135 Å². The lowest BCUT2D eigenvalue weighted by Gasteiger charge is -2.10. The van der Waals surface area contributed by atoms with Gasteiger partial charge in [-0.05, 0) is 18.1 Å². The van der Waals surface area contributed by atoms with E-state index in [1.165, 1.54) is 0 Å². The summed E-state index contributed by atoms with van der Waals surface area (Å²) in [6.45, 7) is 0.824. The molecule has 0 saturated carbocycles. The van der Waals surface area contributed by atoms with Gasteiger partial charge in [-0.25, -0.2) is 4.98 Å². The van der Waals surface area contributed by atoms with Crippen molar-refractivity contribution in [3.63, 3.8) is 0 Å². The maximum absolute atomic E-state index is 12.5. The van der Waals surface area contributed by atoms with Gasteiger partial charge in [0.25, 0.3) is 0 Å². The molecule has 2 aromatic heterocycles. The van der Waals surface area contributed by atoms with Crippen LogP contribution in [-0.4, -0.2) is 29.5 Å². The molecule has 2 heterocycles. The molecular weight excluding hydrogens is 327 g/mol. The van der Waals surface area contributed by atoms with Gasteiger partial charge in [0.1, 0.15) is 5.01 Å². The van der Waals surface area contributed by atoms with E-state index in [1.807, 2.05) is 12.1 Å². The smallest absolute Gasteiger partial charge is 0.356 e. The fourth-order valence-corrected chi connectivity index (χ4v) is 2.51. The number of aromatic nitrogens is 2. The van der Waals surface area contributed by atoms with Crippen molar-refractivity contribution in [1.82, 2.24) is 20.6 Å². The number of hydrogen-bond donors (Lipinski definition) is 2. The van der Waals surface area contributed by atoms with Gasteiger partial charge in [-0.1, -0.05) is 6.07 Å². The number of nitrogens with zero attached hydrogens (tertiary/aromatic N) is 3. The summed E-state index contributed by atoms with van der Waals surface area (Å²) >= 11 is 0.965. The number of rotatable bonds is 5. The molecule has 0 spiro atoms. The first-order chi connectivity index (χ1) is 11.0. The molecule has 2 N–H and O–H groups in total. The Morgan fingerprint density at radius 1 is 1.35 bits per heavy atom. The van der Waals surface area contributed by atoms with E-state index < -0.39 is 11.9 Å². The van der Waals surface area contributed by atoms with E-state index in [4.69, 9.17) is 0 Å². The lowest BCUT2D eigenvalue weighted by molar-refractivity contribution is -0.140. The minimum atomic E-state index is -4.40. The van der Waals surface area contributed by atoms with E-state index in [2.05, 4.69) is 25.6 Å². The Morgan fingerprint density at radius 3 is 2.78 bits per heavy atom. The topological polar surface area (TPSA) is 62.2 Å². The largest absolute Gasteiger partial charge is 0.434 e. The highest BCUT2D eigenvalue weighted by Crippen LogP contribution is 2.29. The van der Waals surface area contributed by atoms with Gasteiger partial charge in [0.05, 0.1) is 6.54 Å². The van der Waals surface area contributed by atoms with Crippen LogP contribution in [0, 0.1) is 0 Å². The van der Waals surface area contributed by atoms with Crippen LogP contribution in [0.3, 0.4) is 0 Å². The lowest BCUT2D eigenvalue weighted by atomic mass is 10.2. The van der Waals surface area contributed by atoms with E-state index in [0.717, 1.165) is 28.7 Å². The van der Waals surface area contributed by atoms with Crippen LogP contribution in [0.5, 0.6) is 0 Å². The van der Waals surface area contributed by atoms with Gasteiger partial charge in [-0.15, -0.1) is 11.3 Å². The molecule has 2 rings (SSSR count). The van der Waals surface area contributed by atoms with Gasteiger partial charge in [0.2, 0.25) is 0 Å². The molecule has 23 heavy (non-hydrogen) atoms. The number of halogens is 3. The number of pyridine rings is 1. The second kappa shape index (κ2) is 7.91. The number of hydrogen-bond acceptors (Lipinski definition) is 4. The molecule has 0 aromatic carbocycles. The molecule has 0 atom stereocenters. The van der Waals surface area contributed by atoms with Gasteiger partial charge in [0, 0.05) is 31.4 Å². The molecule has 0 radical (unpaired) electrons. The lowest BCUT2D eigenvalue weighted by Crippen LogP contribution is -2.37. The third-order valence-electron chi connectivity index (χ3n) is 2.90. The number of guanidine groups is 1. The first kappa shape index (κ1) is 17.2. The predicted molar refractivity (Wildman–Crippen MR) is 83.3 cm³/mol. The van der Waals surface area contributed by atoms with Crippen molar-refractivity contribution in [1.29, 1.82) is 0 Å². The van der Waals surface area contributed by atoms with Crippen molar-refractivity contribution >= 4 is 17.3 Å². The number of aliphatic imine (C=N–C) groups is 1. The highest BCUT2D eigenvalue weighted by Gasteiger charge is 2.33. The Kier molecular flexibility index (Phi) is 5.91. The van der Waals surface area contributed by atoms with Gasteiger partial charge in [-0.2, -0.15) is 13.2 Å². The van der Waals surface area contributed by atoms with E-state index in [-0.39, 0.29) is 6.54 Å². The first-order valence-corrected chi connectivity index (χ1v) is 7.72. The minimum Gasteiger partial charge on any atom is -0.356 e. The molecular formula is C14H16F3N5S. The second-order valence-electron chi connectivity index (χ2n) is 4.59. The van der Waals surface area contributed by atoms with E-state index in [9.17, 15) is 13.2 Å². The molecule has 2 aromatic rings. The summed E-state index contributed by atoms with van der Waals surface area (Å²) in [6.07, 6.45) is -0.144. The van der Waals surface area contributed by atoms with Crippen LogP contribution in [0.2, 0.25) is 0 Å². The number of alkyl halides is 3. The zero-order valence-electron chi connectivity index (χ0n) is 12.4. The van der Waals surface area contributed by atoms with Crippen molar-refractivity contribution in [2.24, 2.45) is 4.99 Å². The fourth-order valence-electron chi connectivity index (χ4n) is 1.77. The Hall–Kier alpha value is -2.16. The fraction of sp³-hybridized carbons (Fsp3) is 0.357. The molecule has 0 saturated heterocycles. The van der Waals surface area contributed by atoms with Crippen molar-refractivity contribution in [2.75, 3.05) is 13.6 Å². The van der Waals surface area contributed by atoms with Gasteiger partial charge in [0.15, 0.2) is 11.7 Å². The summed E-state index contributed by atoms with van der Waals surface area (Å²) < 4.78 is 37.4. The van der Waals surface area contributed by atoms with Crippen LogP contribution < -0.4 is 10.6 Å². The first-order valence-electron chi connectivity index (χ1n) is 6.84. The van der Waals surface area contributed by atoms with Crippen LogP contribution in [0.4, 0.5) is 13.2 Å². The molecule has 0 aliphatic rings. The standard InChI is InChI=1S/C14H16F3N5S/c1-18-13(20-6-4-10-3-2-5-19-7-10)21-8-12-22-11(9-23-12)14(15,16)17/h2-3,5,7,9H,4,6,8H2,1H3,(H2,18,20,21). The molecule has 0 unspecified atom stereocenters. The second-order valence-corrected chi connectivity index (χ2v) is 5.53. The molecule has 124 valence electrons. The quantitative estimate of drug-likeness (QED) is 0.647. The minimum absolute atomic E-state index is 0.188. The molecule has 0 fully saturated rings. The summed E-state index contributed by atoms with van der Waals surface area (Å²) in [7, 11) is 1.60. The maximum atomic E-state index is 12.5. The average Bonchev–Trinajstić information content (AvgIpc) is 3.01. The van der Waals surface area contributed by atoms with E-state index in [0.29, 0.717) is 17.5 Å². The maximum Gasteiger partial charge on any atom is 0.434 e. The third-order valence-corrected chi connectivity index (χ3v) is 3.75. The van der Waals surface area contributed by atoms with Crippen molar-refractivity contribution in [3.05, 3.63) is 46.2 Å². The SMILES string of the molecule is CN=C(NCCc1cccnc1)NCc1nc(C(F)(F)F)cs1. The Balaban J connectivity index is 1.78. The molecule has 0 bridgehead atoms. The summed E-state index contributed by atoms with van der Waals surface area (Å²) in [6, 6.07) is 3.84. The Bertz CT molecular complexity index is 639. The zero-order chi connectivity index (χ0) is 16.7. The van der Waals surface area contributed by atoms with Crippen LogP contribution in [0.1, 0.15) is 16.3 Å². The molecule has 0 aliphatic carbocycles. The molecule has 5 nitrogen and oxygen atoms in total. The van der Waals surface area contributed by atoms with Crippen LogP contribution in [0.25, 0.3) is 0 Å². The highest BCUT2D eigenvalue weighted by atomic mass is 32.1. The van der Waals surface area contributed by atoms with Crippen molar-refractivity contribution < 1.29 is 13.2 Å². The van der Waals surface area contributed by atoms with Crippen LogP contribution in [-0.2, 0) is 19.1 Å². The van der Waals surface area contributed by atoms with Gasteiger partial charge >= 0.3 is 6.18 Å². The molecule has 9 heteroatoms. The summed E-state index contributed by atoms with van der Waals surface area (Å²) in [4.78, 5) is 11.6. The zero-order valence-corrected chi connectivity index (χ0v) is 13.2. The van der Waals surface area contributed by atoms with Gasteiger partial charge in [-0.3, -0.25) is 9.98 Å². The van der Waals surface area contributed by atoms with E-state index >= 15 is 0 Å². The summed E-state index contributed by atoms with van der Waals surface area (Å²) in [5, 5.41) is 7.40. The number of thiazole rings is 1. The normalized spacial score (nSPS) is 12.3. The molecule has 0 amide bonds. The number of nitrogens with one attached hydrogen (secondary N) is 2. The Morgan fingerprint density at radius 2 is 2.17 bits per heavy atom. The average molecular weight is 343 g/mol. The van der Waals surface area contributed by atoms with Crippen molar-refractivity contribution in [3.8, 4) is 0 Å². The van der Waals surface area contributed by atoms with Crippen LogP contribution in [0.15, 0.2) is 34.9 Å². The van der Waals surface area contributed by atoms with Crippen LogP contribution >= 0.6 is 11.3 Å². The highest BCUT2D eigenvalue weighted by molar-refractivity contribution is 7.09. The third kappa shape index (κ3) is 5.51. The summed E-state index contributed by atoms with van der Waals surface area (Å²) in [5.74, 6) is 0.512. The monoisotopic (exact) mass is 343 g/mol. The molecule has 0 aliphatic heterocycles. The van der Waals surface area contributed by atoms with Gasteiger partial charge < -0.3 is 10.6 Å². The van der Waals surface area contributed by atoms with Crippen molar-refractivity contribution in [2.45, 2.75) is 19.1 Å².